The summed E-state index contributed by atoms with van der Waals surface area (Å²) in [5, 5.41) is 4.60. The number of hydrogen-bond acceptors (Lipinski definition) is 3. The highest BCUT2D eigenvalue weighted by Gasteiger charge is 2.06. The maximum Gasteiger partial charge on any atom is 0.148 e. The first kappa shape index (κ1) is 15.5. The van der Waals surface area contributed by atoms with Crippen LogP contribution >= 0.6 is 15.9 Å². The lowest BCUT2D eigenvalue weighted by Gasteiger charge is -2.17. The Hall–Kier alpha value is -0.840. The first-order valence-corrected chi connectivity index (χ1v) is 8.14. The van der Waals surface area contributed by atoms with Crippen LogP contribution in [0.15, 0.2) is 33.2 Å². The Morgan fingerprint density at radius 2 is 2.05 bits per heavy atom. The summed E-state index contributed by atoms with van der Waals surface area (Å²) >= 11 is 3.52. The number of benzene rings is 1. The summed E-state index contributed by atoms with van der Waals surface area (Å²) in [6.07, 6.45) is 1.17. The summed E-state index contributed by atoms with van der Waals surface area (Å²) in [5.74, 6) is 0.995. The van der Waals surface area contributed by atoms with Crippen LogP contribution in [0, 0.1) is 0 Å². The van der Waals surface area contributed by atoms with E-state index in [4.69, 9.17) is 4.42 Å². The van der Waals surface area contributed by atoms with Crippen molar-refractivity contribution in [1.29, 1.82) is 0 Å². The number of furan rings is 1. The van der Waals surface area contributed by atoms with E-state index < -0.39 is 0 Å². The number of hydrogen-bond donors (Lipinski definition) is 1. The van der Waals surface area contributed by atoms with Crippen molar-refractivity contribution in [1.82, 2.24) is 10.2 Å². The Morgan fingerprint density at radius 3 is 2.75 bits per heavy atom. The van der Waals surface area contributed by atoms with E-state index in [1.807, 2.05) is 12.1 Å². The molecule has 2 aromatic rings. The first-order chi connectivity index (χ1) is 9.74. The summed E-state index contributed by atoms with van der Waals surface area (Å²) in [6, 6.07) is 8.22. The normalized spacial score (nSPS) is 11.6. The Labute approximate surface area is 129 Å². The summed E-state index contributed by atoms with van der Waals surface area (Å²) in [5.41, 5.74) is 0.937. The molecule has 0 bridgehead atoms. The minimum absolute atomic E-state index is 0.791. The second kappa shape index (κ2) is 7.81. The molecule has 0 amide bonds. The zero-order valence-electron chi connectivity index (χ0n) is 12.3. The van der Waals surface area contributed by atoms with Crippen molar-refractivity contribution in [2.75, 3.05) is 26.2 Å². The van der Waals surface area contributed by atoms with Crippen LogP contribution in [0.25, 0.3) is 11.0 Å². The summed E-state index contributed by atoms with van der Waals surface area (Å²) < 4.78 is 6.87. The predicted octanol–water partition coefficient (Wildman–Crippen LogP) is 4.02. The van der Waals surface area contributed by atoms with Crippen LogP contribution in [0.3, 0.4) is 0 Å². The van der Waals surface area contributed by atoms with E-state index in [-0.39, 0.29) is 0 Å². The van der Waals surface area contributed by atoms with Gasteiger partial charge in [0, 0.05) is 5.39 Å². The van der Waals surface area contributed by atoms with Crippen molar-refractivity contribution in [3.8, 4) is 0 Å². The number of nitrogens with one attached hydrogen (secondary N) is 1. The molecule has 1 aromatic carbocycles. The van der Waals surface area contributed by atoms with Gasteiger partial charge in [0.25, 0.3) is 0 Å². The van der Waals surface area contributed by atoms with Crippen LogP contribution in [-0.2, 0) is 6.54 Å². The van der Waals surface area contributed by atoms with Crippen molar-refractivity contribution in [3.05, 3.63) is 34.5 Å². The highest BCUT2D eigenvalue weighted by atomic mass is 79.9. The van der Waals surface area contributed by atoms with Gasteiger partial charge in [-0.05, 0) is 60.7 Å². The third-order valence-corrected chi connectivity index (χ3v) is 4.19. The molecule has 3 nitrogen and oxygen atoms in total. The smallest absolute Gasteiger partial charge is 0.148 e. The Bertz CT molecular complexity index is 534. The van der Waals surface area contributed by atoms with E-state index >= 15 is 0 Å². The number of rotatable bonds is 8. The molecule has 0 aliphatic rings. The Balaban J connectivity index is 1.77. The van der Waals surface area contributed by atoms with Gasteiger partial charge in [-0.25, -0.2) is 0 Å². The molecule has 0 spiro atoms. The van der Waals surface area contributed by atoms with Crippen LogP contribution in [-0.4, -0.2) is 31.1 Å². The third-order valence-electron chi connectivity index (χ3n) is 3.57. The minimum atomic E-state index is 0.791. The monoisotopic (exact) mass is 338 g/mol. The fourth-order valence-electron chi connectivity index (χ4n) is 2.35. The lowest BCUT2D eigenvalue weighted by atomic mass is 10.2. The predicted molar refractivity (Wildman–Crippen MR) is 88.0 cm³/mol. The molecule has 1 aromatic heterocycles. The van der Waals surface area contributed by atoms with Gasteiger partial charge in [-0.3, -0.25) is 0 Å². The standard InChI is InChI=1S/C16H23BrN2O/c1-3-19(4-2)10-6-9-18-12-14-11-13-7-5-8-15(17)16(13)20-14/h5,7-8,11,18H,3-4,6,9-10,12H2,1-2H3. The van der Waals surface area contributed by atoms with E-state index in [1.54, 1.807) is 0 Å². The highest BCUT2D eigenvalue weighted by molar-refractivity contribution is 9.10. The van der Waals surface area contributed by atoms with E-state index in [0.717, 1.165) is 53.9 Å². The van der Waals surface area contributed by atoms with Gasteiger partial charge < -0.3 is 14.6 Å². The average molecular weight is 339 g/mol. The number of para-hydroxylation sites is 1. The minimum Gasteiger partial charge on any atom is -0.459 e. The largest absolute Gasteiger partial charge is 0.459 e. The van der Waals surface area contributed by atoms with E-state index in [2.05, 4.69) is 52.1 Å². The number of halogens is 1. The van der Waals surface area contributed by atoms with Crippen LogP contribution in [0.4, 0.5) is 0 Å². The lowest BCUT2D eigenvalue weighted by molar-refractivity contribution is 0.297. The summed E-state index contributed by atoms with van der Waals surface area (Å²) in [6.45, 7) is 9.66. The molecule has 0 aliphatic carbocycles. The van der Waals surface area contributed by atoms with Gasteiger partial charge in [0.2, 0.25) is 0 Å². The Kier molecular flexibility index (Phi) is 6.07. The zero-order valence-corrected chi connectivity index (χ0v) is 13.9. The van der Waals surface area contributed by atoms with E-state index in [9.17, 15) is 0 Å². The highest BCUT2D eigenvalue weighted by Crippen LogP contribution is 2.26. The van der Waals surface area contributed by atoms with Crippen molar-refractivity contribution >= 4 is 26.9 Å². The van der Waals surface area contributed by atoms with E-state index in [0.29, 0.717) is 0 Å². The average Bonchev–Trinajstić information content (AvgIpc) is 2.87. The van der Waals surface area contributed by atoms with Crippen molar-refractivity contribution in [2.45, 2.75) is 26.8 Å². The SMILES string of the molecule is CCN(CC)CCCNCc1cc2cccc(Br)c2o1. The Morgan fingerprint density at radius 1 is 1.25 bits per heavy atom. The fraction of sp³-hybridized carbons (Fsp3) is 0.500. The molecule has 0 saturated heterocycles. The van der Waals surface area contributed by atoms with Crippen LogP contribution < -0.4 is 5.32 Å². The van der Waals surface area contributed by atoms with Crippen LogP contribution in [0.5, 0.6) is 0 Å². The maximum atomic E-state index is 5.85. The molecule has 0 unspecified atom stereocenters. The molecule has 110 valence electrons. The molecule has 0 aliphatic heterocycles. The topological polar surface area (TPSA) is 28.4 Å². The first-order valence-electron chi connectivity index (χ1n) is 7.34. The zero-order chi connectivity index (χ0) is 14.4. The lowest BCUT2D eigenvalue weighted by Crippen LogP contribution is -2.27. The molecular weight excluding hydrogens is 316 g/mol. The number of nitrogens with zero attached hydrogens (tertiary/aromatic N) is 1. The van der Waals surface area contributed by atoms with Gasteiger partial charge in [0.05, 0.1) is 11.0 Å². The quantitative estimate of drug-likeness (QED) is 0.737. The molecular formula is C16H23BrN2O. The molecule has 0 fully saturated rings. The fourth-order valence-corrected chi connectivity index (χ4v) is 2.81. The van der Waals surface area contributed by atoms with Gasteiger partial charge in [-0.2, -0.15) is 0 Å². The van der Waals surface area contributed by atoms with Crippen molar-refractivity contribution in [2.24, 2.45) is 0 Å². The second-order valence-corrected chi connectivity index (χ2v) is 5.78. The summed E-state index contributed by atoms with van der Waals surface area (Å²) in [4.78, 5) is 2.44. The molecule has 0 radical (unpaired) electrons. The number of fused-ring (bicyclic) bond motifs is 1. The second-order valence-electron chi connectivity index (χ2n) is 4.93. The summed E-state index contributed by atoms with van der Waals surface area (Å²) in [7, 11) is 0. The molecule has 0 atom stereocenters. The van der Waals surface area contributed by atoms with Crippen LogP contribution in [0.1, 0.15) is 26.0 Å². The molecule has 1 N–H and O–H groups in total. The van der Waals surface area contributed by atoms with Gasteiger partial charge in [-0.1, -0.05) is 26.0 Å². The molecule has 2 rings (SSSR count). The van der Waals surface area contributed by atoms with Gasteiger partial charge >= 0.3 is 0 Å². The van der Waals surface area contributed by atoms with Crippen molar-refractivity contribution < 1.29 is 4.42 Å². The van der Waals surface area contributed by atoms with Crippen molar-refractivity contribution in [3.63, 3.8) is 0 Å². The van der Waals surface area contributed by atoms with Gasteiger partial charge in [0.15, 0.2) is 0 Å². The molecule has 20 heavy (non-hydrogen) atoms. The van der Waals surface area contributed by atoms with Gasteiger partial charge in [-0.15, -0.1) is 0 Å². The molecule has 4 heteroatoms. The van der Waals surface area contributed by atoms with Gasteiger partial charge in [0.1, 0.15) is 11.3 Å². The van der Waals surface area contributed by atoms with E-state index in [1.165, 1.54) is 6.42 Å². The van der Waals surface area contributed by atoms with Crippen LogP contribution in [0.2, 0.25) is 0 Å². The molecule has 0 saturated carbocycles. The molecule has 1 heterocycles. The maximum absolute atomic E-state index is 5.85. The third kappa shape index (κ3) is 4.08.